The van der Waals surface area contributed by atoms with E-state index in [9.17, 15) is 4.79 Å². The van der Waals surface area contributed by atoms with Gasteiger partial charge < -0.3 is 15.4 Å². The number of carbonyl (C=O) groups excluding carboxylic acids is 1. The Kier molecular flexibility index (Phi) is 5.23. The molecular formula is C18H23N5O2. The van der Waals surface area contributed by atoms with Crippen molar-refractivity contribution in [1.29, 1.82) is 0 Å². The van der Waals surface area contributed by atoms with E-state index in [0.29, 0.717) is 30.2 Å². The van der Waals surface area contributed by atoms with Gasteiger partial charge in [0, 0.05) is 30.9 Å². The van der Waals surface area contributed by atoms with Gasteiger partial charge in [-0.15, -0.1) is 10.2 Å². The van der Waals surface area contributed by atoms with Gasteiger partial charge in [-0.1, -0.05) is 0 Å². The molecule has 1 saturated heterocycles. The number of ether oxygens (including phenoxy) is 1. The SMILES string of the molecule is CC(C)Oc1cncc(-c2ccc(C(=O)N3CCC(N)CC3)nn2)c1. The topological polar surface area (TPSA) is 94.2 Å². The summed E-state index contributed by atoms with van der Waals surface area (Å²) in [6.45, 7) is 5.25. The van der Waals surface area contributed by atoms with Crippen LogP contribution in [0.3, 0.4) is 0 Å². The summed E-state index contributed by atoms with van der Waals surface area (Å²) >= 11 is 0. The van der Waals surface area contributed by atoms with Gasteiger partial charge in [0.1, 0.15) is 5.75 Å². The number of pyridine rings is 1. The van der Waals surface area contributed by atoms with Crippen LogP contribution in [0.15, 0.2) is 30.6 Å². The molecule has 0 saturated carbocycles. The van der Waals surface area contributed by atoms with Crippen molar-refractivity contribution in [2.24, 2.45) is 5.73 Å². The van der Waals surface area contributed by atoms with Gasteiger partial charge >= 0.3 is 0 Å². The molecule has 2 aromatic rings. The van der Waals surface area contributed by atoms with Gasteiger partial charge in [-0.25, -0.2) is 0 Å². The Morgan fingerprint density at radius 3 is 2.64 bits per heavy atom. The number of rotatable bonds is 4. The molecule has 3 rings (SSSR count). The average Bonchev–Trinajstić information content (AvgIpc) is 2.62. The number of nitrogens with two attached hydrogens (primary N) is 1. The lowest BCUT2D eigenvalue weighted by Gasteiger charge is -2.29. The van der Waals surface area contributed by atoms with Gasteiger partial charge in [-0.3, -0.25) is 9.78 Å². The number of nitrogens with zero attached hydrogens (tertiary/aromatic N) is 4. The number of amides is 1. The Bertz CT molecular complexity index is 725. The molecule has 0 aliphatic carbocycles. The molecule has 2 aromatic heterocycles. The zero-order valence-electron chi connectivity index (χ0n) is 14.6. The first-order valence-corrected chi connectivity index (χ1v) is 8.53. The standard InChI is InChI=1S/C18H23N5O2/c1-12(2)25-15-9-13(10-20-11-15)16-3-4-17(22-21-16)18(24)23-7-5-14(19)6-8-23/h3-4,9-12,14H,5-8,19H2,1-2H3. The predicted molar refractivity (Wildman–Crippen MR) is 94.1 cm³/mol. The molecule has 7 nitrogen and oxygen atoms in total. The number of hydrogen-bond donors (Lipinski definition) is 1. The highest BCUT2D eigenvalue weighted by Gasteiger charge is 2.22. The molecule has 0 radical (unpaired) electrons. The van der Waals surface area contributed by atoms with Crippen molar-refractivity contribution in [2.45, 2.75) is 38.8 Å². The summed E-state index contributed by atoms with van der Waals surface area (Å²) in [5, 5.41) is 8.28. The van der Waals surface area contributed by atoms with Crippen LogP contribution in [0.4, 0.5) is 0 Å². The largest absolute Gasteiger partial charge is 0.489 e. The van der Waals surface area contributed by atoms with E-state index >= 15 is 0 Å². The number of aromatic nitrogens is 3. The minimum atomic E-state index is -0.0963. The Morgan fingerprint density at radius 2 is 2.00 bits per heavy atom. The molecule has 1 amide bonds. The van der Waals surface area contributed by atoms with Crippen LogP contribution >= 0.6 is 0 Å². The Labute approximate surface area is 147 Å². The highest BCUT2D eigenvalue weighted by Crippen LogP contribution is 2.21. The molecule has 7 heteroatoms. The number of likely N-dealkylation sites (tertiary alicyclic amines) is 1. The maximum Gasteiger partial charge on any atom is 0.274 e. The summed E-state index contributed by atoms with van der Waals surface area (Å²) in [4.78, 5) is 18.4. The van der Waals surface area contributed by atoms with Crippen molar-refractivity contribution in [1.82, 2.24) is 20.1 Å². The molecule has 1 fully saturated rings. The maximum absolute atomic E-state index is 12.5. The van der Waals surface area contributed by atoms with E-state index in [2.05, 4.69) is 15.2 Å². The van der Waals surface area contributed by atoms with Gasteiger partial charge in [0.15, 0.2) is 5.69 Å². The van der Waals surface area contributed by atoms with Crippen LogP contribution < -0.4 is 10.5 Å². The van der Waals surface area contributed by atoms with Gasteiger partial charge in [-0.05, 0) is 44.9 Å². The first-order valence-electron chi connectivity index (χ1n) is 8.53. The Morgan fingerprint density at radius 1 is 1.24 bits per heavy atom. The molecule has 1 aliphatic heterocycles. The van der Waals surface area contributed by atoms with Crippen LogP contribution in [0.2, 0.25) is 0 Å². The summed E-state index contributed by atoms with van der Waals surface area (Å²) in [5.41, 5.74) is 7.68. The van der Waals surface area contributed by atoms with Crippen LogP contribution in [0.1, 0.15) is 37.2 Å². The molecule has 2 N–H and O–H groups in total. The van der Waals surface area contributed by atoms with Crippen molar-refractivity contribution in [3.05, 3.63) is 36.3 Å². The maximum atomic E-state index is 12.5. The number of piperidine rings is 1. The summed E-state index contributed by atoms with van der Waals surface area (Å²) in [6.07, 6.45) is 5.08. The smallest absolute Gasteiger partial charge is 0.274 e. The predicted octanol–water partition coefficient (Wildman–Crippen LogP) is 1.89. The minimum absolute atomic E-state index is 0.0702. The van der Waals surface area contributed by atoms with E-state index in [4.69, 9.17) is 10.5 Å². The third kappa shape index (κ3) is 4.30. The fraction of sp³-hybridized carbons (Fsp3) is 0.444. The van der Waals surface area contributed by atoms with E-state index in [1.54, 1.807) is 29.4 Å². The van der Waals surface area contributed by atoms with Crippen molar-refractivity contribution in [2.75, 3.05) is 13.1 Å². The molecule has 132 valence electrons. The van der Waals surface area contributed by atoms with Gasteiger partial charge in [0.2, 0.25) is 0 Å². The summed E-state index contributed by atoms with van der Waals surface area (Å²) < 4.78 is 5.64. The van der Waals surface area contributed by atoms with Crippen molar-refractivity contribution in [3.8, 4) is 17.0 Å². The molecule has 0 bridgehead atoms. The van der Waals surface area contributed by atoms with Crippen LogP contribution in [0, 0.1) is 0 Å². The third-order valence-corrected chi connectivity index (χ3v) is 4.09. The molecule has 3 heterocycles. The molecule has 0 aromatic carbocycles. The van der Waals surface area contributed by atoms with E-state index < -0.39 is 0 Å². The van der Waals surface area contributed by atoms with Crippen LogP contribution in [-0.2, 0) is 0 Å². The molecule has 0 spiro atoms. The van der Waals surface area contributed by atoms with Crippen LogP contribution in [0.5, 0.6) is 5.75 Å². The van der Waals surface area contributed by atoms with Crippen molar-refractivity contribution >= 4 is 5.91 Å². The first-order chi connectivity index (χ1) is 12.0. The highest BCUT2D eigenvalue weighted by molar-refractivity contribution is 5.92. The van der Waals surface area contributed by atoms with Gasteiger partial charge in [0.05, 0.1) is 18.0 Å². The molecule has 0 atom stereocenters. The summed E-state index contributed by atoms with van der Waals surface area (Å²) in [5.74, 6) is 0.583. The summed E-state index contributed by atoms with van der Waals surface area (Å²) in [7, 11) is 0. The van der Waals surface area contributed by atoms with E-state index in [0.717, 1.165) is 18.4 Å². The van der Waals surface area contributed by atoms with E-state index in [-0.39, 0.29) is 18.1 Å². The number of hydrogen-bond acceptors (Lipinski definition) is 6. The fourth-order valence-electron chi connectivity index (χ4n) is 2.76. The second-order valence-corrected chi connectivity index (χ2v) is 6.51. The molecule has 0 unspecified atom stereocenters. The fourth-order valence-corrected chi connectivity index (χ4v) is 2.76. The third-order valence-electron chi connectivity index (χ3n) is 4.09. The molecule has 25 heavy (non-hydrogen) atoms. The van der Waals surface area contributed by atoms with Crippen LogP contribution in [-0.4, -0.2) is 51.2 Å². The lowest BCUT2D eigenvalue weighted by Crippen LogP contribution is -2.43. The van der Waals surface area contributed by atoms with Crippen LogP contribution in [0.25, 0.3) is 11.3 Å². The van der Waals surface area contributed by atoms with Gasteiger partial charge in [-0.2, -0.15) is 0 Å². The zero-order chi connectivity index (χ0) is 17.8. The molecular weight excluding hydrogens is 318 g/mol. The second kappa shape index (κ2) is 7.57. The van der Waals surface area contributed by atoms with E-state index in [1.165, 1.54) is 0 Å². The normalized spacial score (nSPS) is 15.4. The van der Waals surface area contributed by atoms with Gasteiger partial charge in [0.25, 0.3) is 5.91 Å². The summed E-state index contributed by atoms with van der Waals surface area (Å²) in [6, 6.07) is 5.54. The van der Waals surface area contributed by atoms with Crippen molar-refractivity contribution in [3.63, 3.8) is 0 Å². The average molecular weight is 341 g/mol. The Hall–Kier alpha value is -2.54. The second-order valence-electron chi connectivity index (χ2n) is 6.51. The quantitative estimate of drug-likeness (QED) is 0.912. The number of carbonyl (C=O) groups is 1. The van der Waals surface area contributed by atoms with E-state index in [1.807, 2.05) is 19.9 Å². The highest BCUT2D eigenvalue weighted by atomic mass is 16.5. The lowest BCUT2D eigenvalue weighted by atomic mass is 10.1. The molecule has 1 aliphatic rings. The monoisotopic (exact) mass is 341 g/mol. The zero-order valence-corrected chi connectivity index (χ0v) is 14.6. The lowest BCUT2D eigenvalue weighted by molar-refractivity contribution is 0.0707. The first kappa shape index (κ1) is 17.3. The Balaban J connectivity index is 1.73. The minimum Gasteiger partial charge on any atom is -0.489 e. The van der Waals surface area contributed by atoms with Crippen molar-refractivity contribution < 1.29 is 9.53 Å².